The molecule has 1 rings (SSSR count). The minimum atomic E-state index is 0.701. The second-order valence-corrected chi connectivity index (χ2v) is 2.41. The van der Waals surface area contributed by atoms with Gasteiger partial charge in [0.15, 0.2) is 11.6 Å². The standard InChI is InChI=1S/C8H12N4/c1-6(2)12-8-7(9-3)10-4-5-11-8/h4-5H,1H2,2-3H3,(H,9,10)(H,11,12). The summed E-state index contributed by atoms with van der Waals surface area (Å²) in [5.41, 5.74) is 0.840. The number of aromatic nitrogens is 2. The fraction of sp³-hybridized carbons (Fsp3) is 0.250. The molecule has 2 N–H and O–H groups in total. The first-order chi connectivity index (χ1) is 5.74. The fourth-order valence-electron chi connectivity index (χ4n) is 0.815. The molecule has 0 bridgehead atoms. The average Bonchev–Trinajstić information content (AvgIpc) is 2.04. The van der Waals surface area contributed by atoms with Crippen LogP contribution in [0.3, 0.4) is 0 Å². The van der Waals surface area contributed by atoms with Crippen molar-refractivity contribution in [2.75, 3.05) is 17.7 Å². The largest absolute Gasteiger partial charge is 0.370 e. The SMILES string of the molecule is C=C(C)Nc1nccnc1NC. The van der Waals surface area contributed by atoms with E-state index in [0.717, 1.165) is 11.5 Å². The molecule has 1 heterocycles. The highest BCUT2D eigenvalue weighted by atomic mass is 15.1. The predicted octanol–water partition coefficient (Wildman–Crippen LogP) is 1.46. The zero-order chi connectivity index (χ0) is 8.97. The molecule has 1 aromatic heterocycles. The van der Waals surface area contributed by atoms with Crippen molar-refractivity contribution in [2.45, 2.75) is 6.92 Å². The lowest BCUT2D eigenvalue weighted by Crippen LogP contribution is -2.02. The smallest absolute Gasteiger partial charge is 0.173 e. The van der Waals surface area contributed by atoms with Gasteiger partial charge >= 0.3 is 0 Å². The minimum absolute atomic E-state index is 0.701. The Morgan fingerprint density at radius 1 is 1.33 bits per heavy atom. The van der Waals surface area contributed by atoms with Crippen molar-refractivity contribution in [3.8, 4) is 0 Å². The van der Waals surface area contributed by atoms with Crippen LogP contribution in [0.1, 0.15) is 6.92 Å². The van der Waals surface area contributed by atoms with Gasteiger partial charge in [-0.15, -0.1) is 0 Å². The number of hydrogen-bond acceptors (Lipinski definition) is 4. The molecule has 64 valence electrons. The highest BCUT2D eigenvalue weighted by Gasteiger charge is 2.00. The number of nitrogens with one attached hydrogen (secondary N) is 2. The maximum Gasteiger partial charge on any atom is 0.173 e. The quantitative estimate of drug-likeness (QED) is 0.710. The Bertz CT molecular complexity index is 282. The summed E-state index contributed by atoms with van der Waals surface area (Å²) in [5.74, 6) is 1.42. The summed E-state index contributed by atoms with van der Waals surface area (Å²) in [6, 6.07) is 0. The van der Waals surface area contributed by atoms with E-state index in [2.05, 4.69) is 27.2 Å². The van der Waals surface area contributed by atoms with E-state index in [0.29, 0.717) is 5.82 Å². The van der Waals surface area contributed by atoms with Gasteiger partial charge in [-0.1, -0.05) is 6.58 Å². The van der Waals surface area contributed by atoms with Gasteiger partial charge in [0.25, 0.3) is 0 Å². The van der Waals surface area contributed by atoms with Gasteiger partial charge in [-0.25, -0.2) is 9.97 Å². The molecule has 0 aliphatic carbocycles. The van der Waals surface area contributed by atoms with E-state index in [9.17, 15) is 0 Å². The molecule has 4 nitrogen and oxygen atoms in total. The number of hydrogen-bond donors (Lipinski definition) is 2. The highest BCUT2D eigenvalue weighted by Crippen LogP contribution is 2.14. The predicted molar refractivity (Wildman–Crippen MR) is 50.0 cm³/mol. The van der Waals surface area contributed by atoms with Gasteiger partial charge in [-0.3, -0.25) is 0 Å². The summed E-state index contributed by atoms with van der Waals surface area (Å²) < 4.78 is 0. The molecule has 0 saturated heterocycles. The lowest BCUT2D eigenvalue weighted by atomic mass is 10.5. The third kappa shape index (κ3) is 1.95. The summed E-state index contributed by atoms with van der Waals surface area (Å²) in [4.78, 5) is 8.17. The van der Waals surface area contributed by atoms with Crippen molar-refractivity contribution in [2.24, 2.45) is 0 Å². The van der Waals surface area contributed by atoms with Crippen LogP contribution >= 0.6 is 0 Å². The third-order valence-electron chi connectivity index (χ3n) is 1.27. The van der Waals surface area contributed by atoms with Gasteiger partial charge in [0, 0.05) is 25.1 Å². The number of allylic oxidation sites excluding steroid dienone is 1. The lowest BCUT2D eigenvalue weighted by molar-refractivity contribution is 1.17. The number of rotatable bonds is 3. The first kappa shape index (κ1) is 8.52. The normalized spacial score (nSPS) is 9.17. The summed E-state index contributed by atoms with van der Waals surface area (Å²) in [5, 5.41) is 5.92. The Labute approximate surface area is 71.7 Å². The second kappa shape index (κ2) is 3.71. The van der Waals surface area contributed by atoms with Gasteiger partial charge in [0.05, 0.1) is 0 Å². The summed E-state index contributed by atoms with van der Waals surface area (Å²) in [7, 11) is 1.80. The summed E-state index contributed by atoms with van der Waals surface area (Å²) in [6.07, 6.45) is 3.27. The molecule has 0 spiro atoms. The monoisotopic (exact) mass is 164 g/mol. The van der Waals surface area contributed by atoms with Crippen molar-refractivity contribution in [3.05, 3.63) is 24.7 Å². The maximum absolute atomic E-state index is 4.09. The molecule has 0 aliphatic heterocycles. The van der Waals surface area contributed by atoms with Gasteiger partial charge < -0.3 is 10.6 Å². The third-order valence-corrected chi connectivity index (χ3v) is 1.27. The Morgan fingerprint density at radius 3 is 2.42 bits per heavy atom. The van der Waals surface area contributed by atoms with Crippen molar-refractivity contribution in [1.29, 1.82) is 0 Å². The summed E-state index contributed by atoms with van der Waals surface area (Å²) >= 11 is 0. The van der Waals surface area contributed by atoms with E-state index >= 15 is 0 Å². The van der Waals surface area contributed by atoms with Gasteiger partial charge in [-0.2, -0.15) is 0 Å². The Morgan fingerprint density at radius 2 is 1.92 bits per heavy atom. The van der Waals surface area contributed by atoms with E-state index in [1.165, 1.54) is 0 Å². The molecule has 0 atom stereocenters. The van der Waals surface area contributed by atoms with Crippen LogP contribution in [0.25, 0.3) is 0 Å². The number of nitrogens with zero attached hydrogens (tertiary/aromatic N) is 2. The van der Waals surface area contributed by atoms with Crippen LogP contribution in [0.5, 0.6) is 0 Å². The minimum Gasteiger partial charge on any atom is -0.370 e. The zero-order valence-electron chi connectivity index (χ0n) is 7.26. The van der Waals surface area contributed by atoms with Crippen molar-refractivity contribution in [1.82, 2.24) is 9.97 Å². The van der Waals surface area contributed by atoms with Gasteiger partial charge in [0.2, 0.25) is 0 Å². The molecule has 0 radical (unpaired) electrons. The molecule has 0 unspecified atom stereocenters. The number of anilines is 2. The van der Waals surface area contributed by atoms with Crippen LogP contribution in [0.4, 0.5) is 11.6 Å². The molecule has 0 fully saturated rings. The molecule has 1 aromatic rings. The van der Waals surface area contributed by atoms with E-state index in [1.54, 1.807) is 19.4 Å². The van der Waals surface area contributed by atoms with Crippen LogP contribution in [0.15, 0.2) is 24.7 Å². The molecule has 0 aliphatic rings. The van der Waals surface area contributed by atoms with Crippen molar-refractivity contribution < 1.29 is 0 Å². The first-order valence-electron chi connectivity index (χ1n) is 3.65. The van der Waals surface area contributed by atoms with E-state index in [1.807, 2.05) is 6.92 Å². The molecule has 4 heteroatoms. The molecular formula is C8H12N4. The molecule has 0 aromatic carbocycles. The van der Waals surface area contributed by atoms with Crippen LogP contribution in [0, 0.1) is 0 Å². The van der Waals surface area contributed by atoms with E-state index in [-0.39, 0.29) is 0 Å². The first-order valence-corrected chi connectivity index (χ1v) is 3.65. The van der Waals surface area contributed by atoms with Crippen molar-refractivity contribution >= 4 is 11.6 Å². The Balaban J connectivity index is 2.89. The lowest BCUT2D eigenvalue weighted by Gasteiger charge is -2.07. The van der Waals surface area contributed by atoms with E-state index < -0.39 is 0 Å². The average molecular weight is 164 g/mol. The van der Waals surface area contributed by atoms with Crippen LogP contribution < -0.4 is 10.6 Å². The van der Waals surface area contributed by atoms with Gasteiger partial charge in [0.1, 0.15) is 0 Å². The van der Waals surface area contributed by atoms with Gasteiger partial charge in [-0.05, 0) is 6.92 Å². The fourth-order valence-corrected chi connectivity index (χ4v) is 0.815. The second-order valence-electron chi connectivity index (χ2n) is 2.41. The maximum atomic E-state index is 4.09. The molecule has 12 heavy (non-hydrogen) atoms. The van der Waals surface area contributed by atoms with Crippen LogP contribution in [0.2, 0.25) is 0 Å². The molecular weight excluding hydrogens is 152 g/mol. The zero-order valence-corrected chi connectivity index (χ0v) is 7.26. The molecule has 0 amide bonds. The summed E-state index contributed by atoms with van der Waals surface area (Å²) in [6.45, 7) is 5.59. The Hall–Kier alpha value is -1.58. The molecule has 0 saturated carbocycles. The van der Waals surface area contributed by atoms with Crippen molar-refractivity contribution in [3.63, 3.8) is 0 Å². The topological polar surface area (TPSA) is 49.8 Å². The Kier molecular flexibility index (Phi) is 2.63. The highest BCUT2D eigenvalue weighted by molar-refractivity contribution is 5.60. The van der Waals surface area contributed by atoms with Crippen LogP contribution in [-0.4, -0.2) is 17.0 Å². The van der Waals surface area contributed by atoms with Crippen LogP contribution in [-0.2, 0) is 0 Å². The van der Waals surface area contributed by atoms with E-state index in [4.69, 9.17) is 0 Å².